The fourth-order valence-corrected chi connectivity index (χ4v) is 5.82. The fraction of sp³-hybridized carbons (Fsp3) is 0.381. The number of benzene rings is 2. The van der Waals surface area contributed by atoms with Crippen LogP contribution in [0.1, 0.15) is 28.8 Å². The van der Waals surface area contributed by atoms with Crippen LogP contribution >= 0.6 is 15.9 Å². The zero-order valence-corrected chi connectivity index (χ0v) is 18.7. The first-order chi connectivity index (χ1) is 14.4. The van der Waals surface area contributed by atoms with E-state index in [9.17, 15) is 17.6 Å². The van der Waals surface area contributed by atoms with Gasteiger partial charge in [-0.2, -0.15) is 4.31 Å². The Bertz CT molecular complexity index is 1040. The zero-order chi connectivity index (χ0) is 21.3. The third-order valence-corrected chi connectivity index (χ3v) is 8.17. The molecule has 0 aromatic heterocycles. The summed E-state index contributed by atoms with van der Waals surface area (Å²) < 4.78 is 46.5. The standard InChI is InChI=1S/C21H22BrFN2O4S/c22-19-8-3-16(13-20(19)30(27,28)24-9-11-29-12-10-24)21(26)25(18-6-7-18)14-15-1-4-17(23)5-2-15/h1-5,8,13,18H,6-7,9-12,14H2. The number of sulfonamides is 1. The van der Waals surface area contributed by atoms with Gasteiger partial charge in [0.25, 0.3) is 5.91 Å². The van der Waals surface area contributed by atoms with Gasteiger partial charge in [-0.15, -0.1) is 0 Å². The minimum atomic E-state index is -3.75. The topological polar surface area (TPSA) is 66.9 Å². The van der Waals surface area contributed by atoms with Crippen molar-refractivity contribution < 1.29 is 22.3 Å². The van der Waals surface area contributed by atoms with Crippen LogP contribution in [0.15, 0.2) is 51.8 Å². The second-order valence-corrected chi connectivity index (χ2v) is 10.2. The lowest BCUT2D eigenvalue weighted by atomic mass is 10.1. The van der Waals surface area contributed by atoms with Crippen molar-refractivity contribution in [1.29, 1.82) is 0 Å². The number of halogens is 2. The summed E-state index contributed by atoms with van der Waals surface area (Å²) in [4.78, 5) is 15.1. The molecule has 1 aliphatic heterocycles. The van der Waals surface area contributed by atoms with Crippen LogP contribution in [0.5, 0.6) is 0 Å². The molecule has 9 heteroatoms. The van der Waals surface area contributed by atoms with E-state index in [4.69, 9.17) is 4.74 Å². The molecule has 2 fully saturated rings. The van der Waals surface area contributed by atoms with Crippen molar-refractivity contribution in [3.63, 3.8) is 0 Å². The largest absolute Gasteiger partial charge is 0.379 e. The molecular weight excluding hydrogens is 475 g/mol. The van der Waals surface area contributed by atoms with Gasteiger partial charge >= 0.3 is 0 Å². The average Bonchev–Trinajstić information content (AvgIpc) is 3.59. The summed E-state index contributed by atoms with van der Waals surface area (Å²) in [5, 5.41) is 0. The predicted molar refractivity (Wildman–Crippen MR) is 113 cm³/mol. The second-order valence-electron chi connectivity index (χ2n) is 7.45. The normalized spacial score (nSPS) is 17.7. The molecule has 0 N–H and O–H groups in total. The third kappa shape index (κ3) is 4.59. The van der Waals surface area contributed by atoms with Gasteiger partial charge in [-0.25, -0.2) is 12.8 Å². The number of nitrogens with zero attached hydrogens (tertiary/aromatic N) is 2. The minimum absolute atomic E-state index is 0.0766. The van der Waals surface area contributed by atoms with E-state index in [0.29, 0.717) is 29.8 Å². The molecule has 1 saturated carbocycles. The van der Waals surface area contributed by atoms with Crippen LogP contribution in [0.2, 0.25) is 0 Å². The Balaban J connectivity index is 1.61. The molecule has 6 nitrogen and oxygen atoms in total. The summed E-state index contributed by atoms with van der Waals surface area (Å²) in [5.74, 6) is -0.554. The van der Waals surface area contributed by atoms with Crippen LogP contribution in [0.25, 0.3) is 0 Å². The highest BCUT2D eigenvalue weighted by molar-refractivity contribution is 9.10. The van der Waals surface area contributed by atoms with Crippen LogP contribution in [0, 0.1) is 5.82 Å². The number of carbonyl (C=O) groups excluding carboxylic acids is 1. The lowest BCUT2D eigenvalue weighted by Crippen LogP contribution is -2.40. The highest BCUT2D eigenvalue weighted by Crippen LogP contribution is 2.32. The highest BCUT2D eigenvalue weighted by atomic mass is 79.9. The van der Waals surface area contributed by atoms with Gasteiger partial charge in [-0.05, 0) is 64.7 Å². The van der Waals surface area contributed by atoms with Crippen LogP contribution < -0.4 is 0 Å². The number of ether oxygens (including phenoxy) is 1. The Morgan fingerprint density at radius 1 is 1.13 bits per heavy atom. The van der Waals surface area contributed by atoms with Crippen LogP contribution in [-0.4, -0.2) is 55.9 Å². The fourth-order valence-electron chi connectivity index (χ4n) is 3.47. The molecule has 4 rings (SSSR count). The van der Waals surface area contributed by atoms with E-state index in [1.54, 1.807) is 29.2 Å². The Kier molecular flexibility index (Phi) is 6.24. The molecule has 2 aromatic carbocycles. The lowest BCUT2D eigenvalue weighted by molar-refractivity contribution is 0.0725. The van der Waals surface area contributed by atoms with Crippen molar-refractivity contribution in [1.82, 2.24) is 9.21 Å². The van der Waals surface area contributed by atoms with E-state index in [1.807, 2.05) is 0 Å². The number of rotatable bonds is 6. The SMILES string of the molecule is O=C(c1ccc(Br)c(S(=O)(=O)N2CCOCC2)c1)N(Cc1ccc(F)cc1)C1CC1. The van der Waals surface area contributed by atoms with Gasteiger partial charge < -0.3 is 9.64 Å². The molecule has 0 unspecified atom stereocenters. The van der Waals surface area contributed by atoms with Gasteiger partial charge in [0.05, 0.1) is 18.1 Å². The molecule has 2 aliphatic rings. The van der Waals surface area contributed by atoms with E-state index in [1.165, 1.54) is 22.5 Å². The number of morpholine rings is 1. The van der Waals surface area contributed by atoms with Crippen LogP contribution in [0.3, 0.4) is 0 Å². The molecule has 30 heavy (non-hydrogen) atoms. The average molecular weight is 497 g/mol. The number of amides is 1. The summed E-state index contributed by atoms with van der Waals surface area (Å²) in [6, 6.07) is 10.9. The predicted octanol–water partition coefficient (Wildman–Crippen LogP) is 3.41. The molecule has 2 aromatic rings. The number of carbonyl (C=O) groups is 1. The first-order valence-electron chi connectivity index (χ1n) is 9.79. The summed E-state index contributed by atoms with van der Waals surface area (Å²) in [6.45, 7) is 1.62. The van der Waals surface area contributed by atoms with Crippen LogP contribution in [0.4, 0.5) is 4.39 Å². The second kappa shape index (κ2) is 8.74. The molecule has 160 valence electrons. The molecule has 1 saturated heterocycles. The molecule has 0 atom stereocenters. The van der Waals surface area contributed by atoms with E-state index in [0.717, 1.165) is 18.4 Å². The molecule has 1 heterocycles. The maximum atomic E-state index is 13.3. The van der Waals surface area contributed by atoms with Gasteiger partial charge in [-0.3, -0.25) is 4.79 Å². The summed E-state index contributed by atoms with van der Waals surface area (Å²) in [7, 11) is -3.75. The zero-order valence-electron chi connectivity index (χ0n) is 16.3. The first-order valence-corrected chi connectivity index (χ1v) is 12.0. The monoisotopic (exact) mass is 496 g/mol. The highest BCUT2D eigenvalue weighted by Gasteiger charge is 2.34. The van der Waals surface area contributed by atoms with Gasteiger partial charge in [0.15, 0.2) is 0 Å². The minimum Gasteiger partial charge on any atom is -0.379 e. The van der Waals surface area contributed by atoms with E-state index < -0.39 is 10.0 Å². The van der Waals surface area contributed by atoms with Crippen molar-refractivity contribution in [2.24, 2.45) is 0 Å². The van der Waals surface area contributed by atoms with Gasteiger partial charge in [0.1, 0.15) is 5.82 Å². The van der Waals surface area contributed by atoms with Crippen molar-refractivity contribution in [3.05, 3.63) is 63.9 Å². The number of hydrogen-bond acceptors (Lipinski definition) is 4. The third-order valence-electron chi connectivity index (χ3n) is 5.28. The maximum Gasteiger partial charge on any atom is 0.254 e. The number of hydrogen-bond donors (Lipinski definition) is 0. The van der Waals surface area contributed by atoms with Crippen molar-refractivity contribution >= 4 is 31.9 Å². The van der Waals surface area contributed by atoms with Crippen molar-refractivity contribution in [2.75, 3.05) is 26.3 Å². The van der Waals surface area contributed by atoms with Crippen molar-refractivity contribution in [3.8, 4) is 0 Å². The summed E-state index contributed by atoms with van der Waals surface area (Å²) >= 11 is 3.32. The Labute approximate surface area is 183 Å². The van der Waals surface area contributed by atoms with Gasteiger partial charge in [0, 0.05) is 35.7 Å². The molecular formula is C21H22BrFN2O4S. The first kappa shape index (κ1) is 21.4. The maximum absolute atomic E-state index is 13.3. The smallest absolute Gasteiger partial charge is 0.254 e. The Morgan fingerprint density at radius 2 is 1.80 bits per heavy atom. The Hall–Kier alpha value is -1.81. The van der Waals surface area contributed by atoms with E-state index in [2.05, 4.69) is 15.9 Å². The molecule has 0 bridgehead atoms. The van der Waals surface area contributed by atoms with Gasteiger partial charge in [-0.1, -0.05) is 12.1 Å². The Morgan fingerprint density at radius 3 is 2.43 bits per heavy atom. The summed E-state index contributed by atoms with van der Waals surface area (Å²) in [5.41, 5.74) is 1.15. The molecule has 1 amide bonds. The van der Waals surface area contributed by atoms with Crippen LogP contribution in [-0.2, 0) is 21.3 Å². The lowest BCUT2D eigenvalue weighted by Gasteiger charge is -2.27. The molecule has 0 spiro atoms. The summed E-state index contributed by atoms with van der Waals surface area (Å²) in [6.07, 6.45) is 1.81. The van der Waals surface area contributed by atoms with E-state index in [-0.39, 0.29) is 35.8 Å². The van der Waals surface area contributed by atoms with E-state index >= 15 is 0 Å². The van der Waals surface area contributed by atoms with Gasteiger partial charge in [0.2, 0.25) is 10.0 Å². The molecule has 1 aliphatic carbocycles. The van der Waals surface area contributed by atoms with Crippen molar-refractivity contribution in [2.45, 2.75) is 30.3 Å². The quantitative estimate of drug-likeness (QED) is 0.614. The molecule has 0 radical (unpaired) electrons.